The van der Waals surface area contributed by atoms with Gasteiger partial charge in [-0.2, -0.15) is 0 Å². The standard InChI is InChI=1S/C12H11N3O5/c1-7-10(13-6-9-2-3-14-20-9)4-8(12(16)17)5-11(7)15(18)19/h2-5,13H,6H2,1H3,(H,16,17). The number of carboxylic acids is 1. The summed E-state index contributed by atoms with van der Waals surface area (Å²) in [5.41, 5.74) is 0.333. The topological polar surface area (TPSA) is 118 Å². The molecule has 0 unspecified atom stereocenters. The minimum atomic E-state index is -1.23. The third kappa shape index (κ3) is 2.74. The second-order valence-corrected chi connectivity index (χ2v) is 4.06. The number of aromatic carboxylic acids is 1. The van der Waals surface area contributed by atoms with Gasteiger partial charge in [-0.05, 0) is 13.0 Å². The van der Waals surface area contributed by atoms with Crippen molar-refractivity contribution in [2.75, 3.05) is 5.32 Å². The molecule has 0 spiro atoms. The molecule has 0 aliphatic rings. The molecule has 2 rings (SSSR count). The van der Waals surface area contributed by atoms with Crippen LogP contribution in [-0.2, 0) is 6.54 Å². The van der Waals surface area contributed by atoms with Gasteiger partial charge in [0, 0.05) is 23.4 Å². The molecule has 0 aliphatic heterocycles. The molecule has 0 radical (unpaired) electrons. The van der Waals surface area contributed by atoms with Crippen LogP contribution in [0, 0.1) is 17.0 Å². The number of aromatic nitrogens is 1. The Labute approximate surface area is 113 Å². The minimum absolute atomic E-state index is 0.151. The quantitative estimate of drug-likeness (QED) is 0.635. The Hall–Kier alpha value is -2.90. The lowest BCUT2D eigenvalue weighted by Gasteiger charge is -2.09. The van der Waals surface area contributed by atoms with Crippen LogP contribution in [-0.4, -0.2) is 21.2 Å². The monoisotopic (exact) mass is 277 g/mol. The maximum Gasteiger partial charge on any atom is 0.336 e. The van der Waals surface area contributed by atoms with E-state index in [-0.39, 0.29) is 17.8 Å². The van der Waals surface area contributed by atoms with Crippen molar-refractivity contribution in [3.63, 3.8) is 0 Å². The highest BCUT2D eigenvalue weighted by molar-refractivity contribution is 5.90. The zero-order valence-electron chi connectivity index (χ0n) is 10.5. The smallest absolute Gasteiger partial charge is 0.336 e. The van der Waals surface area contributed by atoms with E-state index in [1.807, 2.05) is 0 Å². The molecule has 0 saturated carbocycles. The molecule has 1 aromatic heterocycles. The molecule has 104 valence electrons. The molecule has 8 nitrogen and oxygen atoms in total. The summed E-state index contributed by atoms with van der Waals surface area (Å²) in [6, 6.07) is 4.02. The summed E-state index contributed by atoms with van der Waals surface area (Å²) in [6.07, 6.45) is 1.47. The highest BCUT2D eigenvalue weighted by atomic mass is 16.6. The Bertz CT molecular complexity index is 651. The molecule has 0 fully saturated rings. The van der Waals surface area contributed by atoms with E-state index in [4.69, 9.17) is 9.63 Å². The van der Waals surface area contributed by atoms with E-state index in [9.17, 15) is 14.9 Å². The molecular formula is C12H11N3O5. The van der Waals surface area contributed by atoms with Crippen LogP contribution >= 0.6 is 0 Å². The Balaban J connectivity index is 2.35. The zero-order valence-corrected chi connectivity index (χ0v) is 10.5. The highest BCUT2D eigenvalue weighted by Gasteiger charge is 2.19. The molecule has 20 heavy (non-hydrogen) atoms. The van der Waals surface area contributed by atoms with Crippen molar-refractivity contribution in [1.29, 1.82) is 0 Å². The van der Waals surface area contributed by atoms with Gasteiger partial charge in [0.15, 0.2) is 5.76 Å². The predicted octanol–water partition coefficient (Wildman–Crippen LogP) is 2.20. The van der Waals surface area contributed by atoms with Gasteiger partial charge in [-0.15, -0.1) is 0 Å². The number of anilines is 1. The molecule has 0 saturated heterocycles. The molecule has 2 N–H and O–H groups in total. The van der Waals surface area contributed by atoms with Crippen LogP contribution in [0.1, 0.15) is 21.7 Å². The van der Waals surface area contributed by atoms with E-state index in [1.165, 1.54) is 12.3 Å². The highest BCUT2D eigenvalue weighted by Crippen LogP contribution is 2.28. The summed E-state index contributed by atoms with van der Waals surface area (Å²) in [5.74, 6) is -0.691. The van der Waals surface area contributed by atoms with E-state index in [2.05, 4.69) is 10.5 Å². The molecular weight excluding hydrogens is 266 g/mol. The van der Waals surface area contributed by atoms with Crippen molar-refractivity contribution in [3.05, 3.63) is 51.4 Å². The predicted molar refractivity (Wildman–Crippen MR) is 68.6 cm³/mol. The molecule has 0 atom stereocenters. The third-order valence-corrected chi connectivity index (χ3v) is 2.77. The maximum absolute atomic E-state index is 11.0. The lowest BCUT2D eigenvalue weighted by Crippen LogP contribution is -2.06. The van der Waals surface area contributed by atoms with Crippen LogP contribution in [0.3, 0.4) is 0 Å². The van der Waals surface area contributed by atoms with Gasteiger partial charge in [0.05, 0.1) is 23.2 Å². The second kappa shape index (κ2) is 5.39. The number of rotatable bonds is 5. The first-order valence-corrected chi connectivity index (χ1v) is 5.65. The minimum Gasteiger partial charge on any atom is -0.478 e. The molecule has 1 aromatic carbocycles. The van der Waals surface area contributed by atoms with E-state index in [0.29, 0.717) is 17.0 Å². The van der Waals surface area contributed by atoms with Crippen LogP contribution in [0.2, 0.25) is 0 Å². The first-order chi connectivity index (χ1) is 9.49. The van der Waals surface area contributed by atoms with Crippen molar-refractivity contribution >= 4 is 17.3 Å². The Morgan fingerprint density at radius 2 is 2.30 bits per heavy atom. The van der Waals surface area contributed by atoms with Gasteiger partial charge >= 0.3 is 5.97 Å². The van der Waals surface area contributed by atoms with Crippen LogP contribution in [0.4, 0.5) is 11.4 Å². The Kier molecular flexibility index (Phi) is 3.65. The molecule has 1 heterocycles. The van der Waals surface area contributed by atoms with Crippen molar-refractivity contribution in [2.24, 2.45) is 0 Å². The van der Waals surface area contributed by atoms with Crippen LogP contribution in [0.25, 0.3) is 0 Å². The van der Waals surface area contributed by atoms with Gasteiger partial charge in [-0.25, -0.2) is 4.79 Å². The second-order valence-electron chi connectivity index (χ2n) is 4.06. The summed E-state index contributed by atoms with van der Waals surface area (Å²) < 4.78 is 4.89. The molecule has 8 heteroatoms. The van der Waals surface area contributed by atoms with E-state index in [1.54, 1.807) is 13.0 Å². The average molecular weight is 277 g/mol. The summed E-state index contributed by atoms with van der Waals surface area (Å²) in [4.78, 5) is 21.3. The number of nitro groups is 1. The summed E-state index contributed by atoms with van der Waals surface area (Å²) in [7, 11) is 0. The first kappa shape index (κ1) is 13.5. The lowest BCUT2D eigenvalue weighted by atomic mass is 10.1. The fourth-order valence-corrected chi connectivity index (χ4v) is 1.71. The largest absolute Gasteiger partial charge is 0.478 e. The van der Waals surface area contributed by atoms with E-state index >= 15 is 0 Å². The summed E-state index contributed by atoms with van der Waals surface area (Å²) >= 11 is 0. The Morgan fingerprint density at radius 1 is 1.55 bits per heavy atom. The Morgan fingerprint density at radius 3 is 2.85 bits per heavy atom. The van der Waals surface area contributed by atoms with E-state index < -0.39 is 10.9 Å². The average Bonchev–Trinajstić information content (AvgIpc) is 2.90. The van der Waals surface area contributed by atoms with Crippen molar-refractivity contribution in [1.82, 2.24) is 5.16 Å². The fourth-order valence-electron chi connectivity index (χ4n) is 1.71. The fraction of sp³-hybridized carbons (Fsp3) is 0.167. The molecule has 0 amide bonds. The SMILES string of the molecule is Cc1c(NCc2ccno2)cc(C(=O)O)cc1[N+](=O)[O-]. The van der Waals surface area contributed by atoms with Gasteiger partial charge in [0.1, 0.15) is 0 Å². The maximum atomic E-state index is 11.0. The van der Waals surface area contributed by atoms with Crippen LogP contribution in [0.15, 0.2) is 28.9 Å². The zero-order chi connectivity index (χ0) is 14.7. The van der Waals surface area contributed by atoms with Crippen molar-refractivity contribution < 1.29 is 19.3 Å². The van der Waals surface area contributed by atoms with Crippen molar-refractivity contribution in [2.45, 2.75) is 13.5 Å². The molecule has 0 aliphatic carbocycles. The number of hydrogen-bond acceptors (Lipinski definition) is 6. The number of hydrogen-bond donors (Lipinski definition) is 2. The first-order valence-electron chi connectivity index (χ1n) is 5.65. The third-order valence-electron chi connectivity index (χ3n) is 2.77. The summed E-state index contributed by atoms with van der Waals surface area (Å²) in [6.45, 7) is 1.80. The van der Waals surface area contributed by atoms with Crippen molar-refractivity contribution in [3.8, 4) is 0 Å². The number of nitrogens with zero attached hydrogens (tertiary/aromatic N) is 2. The van der Waals surface area contributed by atoms with Gasteiger partial charge in [-0.3, -0.25) is 10.1 Å². The van der Waals surface area contributed by atoms with Gasteiger partial charge in [0.2, 0.25) is 0 Å². The molecule has 2 aromatic rings. The lowest BCUT2D eigenvalue weighted by molar-refractivity contribution is -0.385. The van der Waals surface area contributed by atoms with Crippen LogP contribution < -0.4 is 5.32 Å². The summed E-state index contributed by atoms with van der Waals surface area (Å²) in [5, 5.41) is 26.4. The van der Waals surface area contributed by atoms with E-state index in [0.717, 1.165) is 6.07 Å². The number of carbonyl (C=O) groups is 1. The number of benzene rings is 1. The van der Waals surface area contributed by atoms with Crippen LogP contribution in [0.5, 0.6) is 0 Å². The number of carboxylic acid groups (broad SMARTS) is 1. The normalized spacial score (nSPS) is 10.2. The van der Waals surface area contributed by atoms with Gasteiger partial charge < -0.3 is 14.9 Å². The number of nitro benzene ring substituents is 1. The molecule has 0 bridgehead atoms. The van der Waals surface area contributed by atoms with Gasteiger partial charge in [-0.1, -0.05) is 5.16 Å². The number of nitrogens with one attached hydrogen (secondary N) is 1. The van der Waals surface area contributed by atoms with Gasteiger partial charge in [0.25, 0.3) is 5.69 Å².